The third kappa shape index (κ3) is 2.56. The van der Waals surface area contributed by atoms with Crippen molar-refractivity contribution < 1.29 is 17.9 Å². The van der Waals surface area contributed by atoms with Crippen LogP contribution in [0.15, 0.2) is 89.5 Å². The lowest BCUT2D eigenvalue weighted by Gasteiger charge is -2.44. The Kier molecular flexibility index (Phi) is 4.56. The van der Waals surface area contributed by atoms with Crippen LogP contribution in [-0.2, 0) is 25.0 Å². The molecule has 0 amide bonds. The molecule has 0 spiro atoms. The Morgan fingerprint density at radius 3 is 2.41 bits per heavy atom. The first-order valence-corrected chi connectivity index (χ1v) is 10.7. The van der Waals surface area contributed by atoms with Gasteiger partial charge in [-0.05, 0) is 37.3 Å². The van der Waals surface area contributed by atoms with E-state index in [-0.39, 0.29) is 4.90 Å². The highest BCUT2D eigenvalue weighted by Crippen LogP contribution is 2.49. The quantitative estimate of drug-likeness (QED) is 0.650. The van der Waals surface area contributed by atoms with Crippen LogP contribution in [0.3, 0.4) is 0 Å². The smallest absolute Gasteiger partial charge is 0.198 e. The van der Waals surface area contributed by atoms with Crippen LogP contribution in [0.5, 0.6) is 0 Å². The molecule has 0 saturated carbocycles. The van der Waals surface area contributed by atoms with Crippen LogP contribution in [0.2, 0.25) is 0 Å². The van der Waals surface area contributed by atoms with Crippen molar-refractivity contribution in [3.8, 4) is 0 Å². The average Bonchev–Trinajstić information content (AvgIpc) is 3.19. The Morgan fingerprint density at radius 2 is 1.72 bits per heavy atom. The molecule has 1 aliphatic rings. The Balaban J connectivity index is 2.10. The zero-order chi connectivity index (χ0) is 20.7. The van der Waals surface area contributed by atoms with Gasteiger partial charge in [0.05, 0.1) is 4.90 Å². The van der Waals surface area contributed by atoms with Crippen molar-refractivity contribution in [3.63, 3.8) is 0 Å². The summed E-state index contributed by atoms with van der Waals surface area (Å²) in [5.74, 6) is 0. The lowest BCUT2D eigenvalue weighted by atomic mass is 9.76. The summed E-state index contributed by atoms with van der Waals surface area (Å²) in [5, 5.41) is 0.793. The van der Waals surface area contributed by atoms with Crippen molar-refractivity contribution in [1.29, 1.82) is 0 Å². The number of fused-ring (bicyclic) bond motifs is 1. The Hall–Kier alpha value is -2.96. The maximum atomic E-state index is 13.9. The van der Waals surface area contributed by atoms with Gasteiger partial charge in [-0.1, -0.05) is 48.0 Å². The fourth-order valence-electron chi connectivity index (χ4n) is 4.15. The van der Waals surface area contributed by atoms with E-state index in [1.807, 2.05) is 24.3 Å². The van der Waals surface area contributed by atoms with E-state index >= 15 is 0 Å². The van der Waals surface area contributed by atoms with Crippen molar-refractivity contribution in [2.24, 2.45) is 0 Å². The van der Waals surface area contributed by atoms with E-state index in [0.717, 1.165) is 10.9 Å². The maximum absolute atomic E-state index is 13.9. The van der Waals surface area contributed by atoms with Crippen molar-refractivity contribution >= 4 is 27.0 Å². The van der Waals surface area contributed by atoms with E-state index in [9.17, 15) is 13.2 Å². The Morgan fingerprint density at radius 1 is 1.03 bits per heavy atom. The topological polar surface area (TPSA) is 76.2 Å². The second kappa shape index (κ2) is 6.83. The molecule has 2 atom stereocenters. The van der Waals surface area contributed by atoms with Crippen LogP contribution < -0.4 is 0 Å². The van der Waals surface area contributed by atoms with Gasteiger partial charge in [-0.15, -0.1) is 0 Å². The molecule has 2 aromatic carbocycles. The van der Waals surface area contributed by atoms with Gasteiger partial charge in [-0.2, -0.15) is 0 Å². The predicted molar refractivity (Wildman–Crippen MR) is 112 cm³/mol. The molecule has 0 saturated heterocycles. The van der Waals surface area contributed by atoms with Gasteiger partial charge in [0.15, 0.2) is 14.6 Å². The third-order valence-corrected chi connectivity index (χ3v) is 7.89. The molecule has 2 unspecified atom stereocenters. The van der Waals surface area contributed by atoms with E-state index in [0.29, 0.717) is 17.4 Å². The number of aromatic nitrogens is 1. The number of para-hydroxylation sites is 1. The van der Waals surface area contributed by atoms with Gasteiger partial charge in [-0.3, -0.25) is 0 Å². The molecule has 4 rings (SSSR count). The summed E-state index contributed by atoms with van der Waals surface area (Å²) in [4.78, 5) is 15.9. The molecule has 1 aromatic heterocycles. The number of benzene rings is 2. The van der Waals surface area contributed by atoms with Gasteiger partial charge in [-0.25, -0.2) is 8.42 Å². The van der Waals surface area contributed by atoms with Crippen LogP contribution in [-0.4, -0.2) is 31.5 Å². The molecular formula is C23H21NO4S. The summed E-state index contributed by atoms with van der Waals surface area (Å²) in [6.45, 7) is 1.77. The minimum atomic E-state index is -4.16. The highest BCUT2D eigenvalue weighted by atomic mass is 32.2. The molecule has 0 aliphatic heterocycles. The molecule has 3 aromatic rings. The molecule has 0 radical (unpaired) electrons. The minimum Gasteiger partial charge on any atom is -0.367 e. The van der Waals surface area contributed by atoms with Gasteiger partial charge < -0.3 is 14.5 Å². The van der Waals surface area contributed by atoms with Gasteiger partial charge in [0.2, 0.25) is 0 Å². The highest BCUT2D eigenvalue weighted by Gasteiger charge is 2.61. The van der Waals surface area contributed by atoms with Crippen LogP contribution in [0.4, 0.5) is 0 Å². The maximum Gasteiger partial charge on any atom is 0.198 e. The van der Waals surface area contributed by atoms with Crippen LogP contribution in [0, 0.1) is 0 Å². The summed E-state index contributed by atoms with van der Waals surface area (Å²) in [6, 6.07) is 15.5. The monoisotopic (exact) mass is 407 g/mol. The number of carbonyl (C=O) groups excluding carboxylic acids is 1. The molecule has 148 valence electrons. The largest absolute Gasteiger partial charge is 0.367 e. The first-order chi connectivity index (χ1) is 13.9. The second-order valence-corrected chi connectivity index (χ2v) is 9.29. The van der Waals surface area contributed by atoms with Crippen LogP contribution in [0.25, 0.3) is 10.9 Å². The number of carbonyl (C=O) groups is 1. The number of sulfone groups is 1. The van der Waals surface area contributed by atoms with Crippen molar-refractivity contribution in [1.82, 2.24) is 4.98 Å². The van der Waals surface area contributed by atoms with Crippen LogP contribution >= 0.6 is 0 Å². The van der Waals surface area contributed by atoms with Gasteiger partial charge in [0, 0.05) is 29.8 Å². The molecule has 1 N–H and O–H groups in total. The third-order valence-electron chi connectivity index (χ3n) is 5.59. The van der Waals surface area contributed by atoms with Crippen LogP contribution in [0.1, 0.15) is 12.5 Å². The normalized spacial score (nSPS) is 24.4. The minimum absolute atomic E-state index is 0.0627. The first-order valence-electron chi connectivity index (χ1n) is 9.18. The molecule has 29 heavy (non-hydrogen) atoms. The van der Waals surface area contributed by atoms with Gasteiger partial charge in [0.1, 0.15) is 11.9 Å². The molecule has 0 bridgehead atoms. The zero-order valence-electron chi connectivity index (χ0n) is 16.1. The van der Waals surface area contributed by atoms with E-state index in [1.165, 1.54) is 25.3 Å². The molecular weight excluding hydrogens is 386 g/mol. The molecule has 1 aliphatic carbocycles. The van der Waals surface area contributed by atoms with Gasteiger partial charge >= 0.3 is 0 Å². The summed E-state index contributed by atoms with van der Waals surface area (Å²) >= 11 is 0. The average molecular weight is 407 g/mol. The zero-order valence-corrected chi connectivity index (χ0v) is 16.9. The number of hydrogen-bond acceptors (Lipinski definition) is 4. The lowest BCUT2D eigenvalue weighted by Crippen LogP contribution is -2.58. The SMILES string of the molecule is COC1(c2c[nH]c3ccccc23)C=CC(C)=CC1(C=O)S(=O)(=O)c1ccccc1. The van der Waals surface area contributed by atoms with E-state index in [4.69, 9.17) is 4.74 Å². The number of hydrogen-bond donors (Lipinski definition) is 1. The van der Waals surface area contributed by atoms with E-state index in [2.05, 4.69) is 4.98 Å². The van der Waals surface area contributed by atoms with Gasteiger partial charge in [0.25, 0.3) is 0 Å². The fourth-order valence-corrected chi connectivity index (χ4v) is 6.18. The van der Waals surface area contributed by atoms with E-state index < -0.39 is 20.2 Å². The lowest BCUT2D eigenvalue weighted by molar-refractivity contribution is -0.115. The Bertz CT molecular complexity index is 1240. The standard InChI is InChI=1S/C23H21NO4S/c1-17-12-13-23(28-2,20-15-24-21-11-7-6-10-19(20)21)22(14-17,16-25)29(26,27)18-8-4-3-5-9-18/h3-16,24H,1-2H3. The van der Waals surface area contributed by atoms with Crippen molar-refractivity contribution in [2.75, 3.05) is 7.11 Å². The first kappa shape index (κ1) is 19.4. The highest BCUT2D eigenvalue weighted by molar-refractivity contribution is 7.93. The number of rotatable bonds is 5. The number of aromatic amines is 1. The molecule has 5 nitrogen and oxygen atoms in total. The summed E-state index contributed by atoms with van der Waals surface area (Å²) in [7, 11) is -2.73. The number of allylic oxidation sites excluding steroid dienone is 2. The second-order valence-electron chi connectivity index (χ2n) is 7.14. The van der Waals surface area contributed by atoms with Crippen molar-refractivity contribution in [2.45, 2.75) is 22.2 Å². The summed E-state index contributed by atoms with van der Waals surface area (Å²) in [6.07, 6.45) is 7.16. The van der Waals surface area contributed by atoms with Crippen molar-refractivity contribution in [3.05, 3.63) is 90.2 Å². The molecule has 0 fully saturated rings. The summed E-state index contributed by atoms with van der Waals surface area (Å²) < 4.78 is 31.7. The molecule has 1 heterocycles. The number of H-pyrrole nitrogens is 1. The number of nitrogens with one attached hydrogen (secondary N) is 1. The number of methoxy groups -OCH3 is 1. The predicted octanol–water partition coefficient (Wildman–Crippen LogP) is 3.94. The number of aldehydes is 1. The number of ether oxygens (including phenoxy) is 1. The molecule has 6 heteroatoms. The Labute approximate surface area is 169 Å². The fraction of sp³-hybridized carbons (Fsp3) is 0.174. The van der Waals surface area contributed by atoms with E-state index in [1.54, 1.807) is 43.5 Å². The summed E-state index contributed by atoms with van der Waals surface area (Å²) in [5.41, 5.74) is 0.546.